The van der Waals surface area contributed by atoms with Gasteiger partial charge in [0, 0.05) is 10.8 Å². The highest BCUT2D eigenvalue weighted by molar-refractivity contribution is 5.97. The fraction of sp³-hybridized carbons (Fsp3) is 0.900. The quantitative estimate of drug-likeness (QED) is 0.436. The van der Waals surface area contributed by atoms with E-state index in [2.05, 4.69) is 25.9 Å². The topological polar surface area (TPSA) is 32.6 Å². The predicted molar refractivity (Wildman–Crippen MR) is 48.5 cm³/mol. The average Bonchev–Trinajstić information content (AvgIpc) is 2.39. The Morgan fingerprint density at radius 1 is 1.42 bits per heavy atom. The molecule has 68 valence electrons. The molecule has 0 aliphatic heterocycles. The lowest BCUT2D eigenvalue weighted by molar-refractivity contribution is 0.279. The molecule has 0 radical (unpaired) electrons. The molecule has 12 heavy (non-hydrogen) atoms. The van der Waals surface area contributed by atoms with Crippen molar-refractivity contribution in [1.82, 2.24) is 0 Å². The third-order valence-corrected chi connectivity index (χ3v) is 4.04. The van der Waals surface area contributed by atoms with Crippen molar-refractivity contribution in [3.05, 3.63) is 0 Å². The van der Waals surface area contributed by atoms with Gasteiger partial charge in [-0.25, -0.2) is 0 Å². The van der Waals surface area contributed by atoms with Crippen LogP contribution in [0.2, 0.25) is 0 Å². The Bertz CT molecular complexity index is 237. The summed E-state index contributed by atoms with van der Waals surface area (Å²) in [7, 11) is 0. The predicted octanol–water partition coefficient (Wildman–Crippen LogP) is 2.66. The molecule has 0 saturated heterocycles. The molecule has 2 heteroatoms. The Balaban J connectivity index is 2.45. The first-order valence-electron chi connectivity index (χ1n) is 4.74. The molecule has 2 atom stereocenters. The highest BCUT2D eigenvalue weighted by Crippen LogP contribution is 2.60. The van der Waals surface area contributed by atoms with Crippen LogP contribution in [-0.4, -0.2) is 10.9 Å². The molecule has 2 aliphatic carbocycles. The molecular formula is C10H17NO. The van der Waals surface area contributed by atoms with Crippen LogP contribution in [0.15, 0.2) is 5.16 Å². The van der Waals surface area contributed by atoms with E-state index in [0.717, 1.165) is 11.6 Å². The van der Waals surface area contributed by atoms with E-state index < -0.39 is 0 Å². The molecule has 1 N–H and O–H groups in total. The fourth-order valence-electron chi connectivity index (χ4n) is 3.29. The summed E-state index contributed by atoms with van der Waals surface area (Å²) in [5.41, 5.74) is 1.39. The summed E-state index contributed by atoms with van der Waals surface area (Å²) in [5.74, 6) is 0.744. The van der Waals surface area contributed by atoms with Gasteiger partial charge in [0.05, 0.1) is 5.71 Å². The number of fused-ring (bicyclic) bond motifs is 2. The number of rotatable bonds is 0. The van der Waals surface area contributed by atoms with E-state index in [1.807, 2.05) is 0 Å². The number of hydrogen-bond acceptors (Lipinski definition) is 2. The highest BCUT2D eigenvalue weighted by Gasteiger charge is 2.57. The molecule has 0 aromatic heterocycles. The minimum absolute atomic E-state index is 0.141. The summed E-state index contributed by atoms with van der Waals surface area (Å²) in [6.07, 6.45) is 3.74. The van der Waals surface area contributed by atoms with Crippen LogP contribution in [-0.2, 0) is 0 Å². The first-order chi connectivity index (χ1) is 5.50. The average molecular weight is 167 g/mol. The van der Waals surface area contributed by atoms with Crippen molar-refractivity contribution in [2.24, 2.45) is 21.9 Å². The SMILES string of the molecule is CC1(C)C(=NO)[C@@]2(C)CCC1C2. The molecule has 2 saturated carbocycles. The van der Waals surface area contributed by atoms with Crippen LogP contribution in [0, 0.1) is 16.7 Å². The highest BCUT2D eigenvalue weighted by atomic mass is 16.4. The Morgan fingerprint density at radius 3 is 2.42 bits per heavy atom. The van der Waals surface area contributed by atoms with Crippen LogP contribution in [0.5, 0.6) is 0 Å². The van der Waals surface area contributed by atoms with E-state index in [0.29, 0.717) is 0 Å². The molecule has 0 aromatic carbocycles. The molecule has 0 amide bonds. The van der Waals surface area contributed by atoms with E-state index in [1.165, 1.54) is 19.3 Å². The van der Waals surface area contributed by atoms with Crippen molar-refractivity contribution in [2.45, 2.75) is 40.0 Å². The zero-order valence-electron chi connectivity index (χ0n) is 8.09. The second kappa shape index (κ2) is 2.04. The van der Waals surface area contributed by atoms with Gasteiger partial charge in [0.25, 0.3) is 0 Å². The van der Waals surface area contributed by atoms with Crippen molar-refractivity contribution < 1.29 is 5.21 Å². The van der Waals surface area contributed by atoms with Gasteiger partial charge in [-0.3, -0.25) is 0 Å². The largest absolute Gasteiger partial charge is 0.411 e. The molecule has 1 unspecified atom stereocenters. The van der Waals surface area contributed by atoms with Gasteiger partial charge in [0.2, 0.25) is 0 Å². The summed E-state index contributed by atoms with van der Waals surface area (Å²) in [5, 5.41) is 12.5. The number of nitrogens with zero attached hydrogens (tertiary/aromatic N) is 1. The van der Waals surface area contributed by atoms with Gasteiger partial charge < -0.3 is 5.21 Å². The molecule has 2 nitrogen and oxygen atoms in total. The fourth-order valence-corrected chi connectivity index (χ4v) is 3.29. The second-order valence-electron chi connectivity index (χ2n) is 5.17. The van der Waals surface area contributed by atoms with Crippen LogP contribution in [0.3, 0.4) is 0 Å². The maximum atomic E-state index is 8.98. The number of oxime groups is 1. The minimum atomic E-state index is 0.141. The molecule has 2 bridgehead atoms. The molecular weight excluding hydrogens is 150 g/mol. The standard InChI is InChI=1S/C10H17NO/c1-9(2)7-4-5-10(3,6-7)8(9)11-12/h7,12H,4-6H2,1-3H3/t7?,10-/m0/s1. The lowest BCUT2D eigenvalue weighted by Crippen LogP contribution is -2.35. The molecule has 0 heterocycles. The maximum Gasteiger partial charge on any atom is 0.0688 e. The van der Waals surface area contributed by atoms with Gasteiger partial charge in [0.1, 0.15) is 0 Å². The first-order valence-corrected chi connectivity index (χ1v) is 4.74. The summed E-state index contributed by atoms with van der Waals surface area (Å²) in [6.45, 7) is 6.64. The van der Waals surface area contributed by atoms with Gasteiger partial charge in [-0.2, -0.15) is 0 Å². The lowest BCUT2D eigenvalue weighted by atomic mass is 9.71. The maximum absolute atomic E-state index is 8.98. The summed E-state index contributed by atoms with van der Waals surface area (Å²) in [6, 6.07) is 0. The Labute approximate surface area is 73.7 Å². The summed E-state index contributed by atoms with van der Waals surface area (Å²) in [4.78, 5) is 0. The summed E-state index contributed by atoms with van der Waals surface area (Å²) < 4.78 is 0. The monoisotopic (exact) mass is 167 g/mol. The van der Waals surface area contributed by atoms with Crippen molar-refractivity contribution >= 4 is 5.71 Å². The second-order valence-corrected chi connectivity index (χ2v) is 5.17. The van der Waals surface area contributed by atoms with Gasteiger partial charge in [-0.15, -0.1) is 0 Å². The Kier molecular flexibility index (Phi) is 1.37. The molecule has 0 spiro atoms. The first kappa shape index (κ1) is 8.09. The molecule has 2 rings (SSSR count). The number of hydrogen-bond donors (Lipinski definition) is 1. The van der Waals surface area contributed by atoms with Crippen LogP contribution in [0.4, 0.5) is 0 Å². The van der Waals surface area contributed by atoms with E-state index in [-0.39, 0.29) is 10.8 Å². The van der Waals surface area contributed by atoms with Crippen LogP contribution >= 0.6 is 0 Å². The zero-order chi connectivity index (χ0) is 8.98. The van der Waals surface area contributed by atoms with Gasteiger partial charge in [-0.05, 0) is 25.2 Å². The van der Waals surface area contributed by atoms with Crippen molar-refractivity contribution in [1.29, 1.82) is 0 Å². The van der Waals surface area contributed by atoms with Crippen LogP contribution < -0.4 is 0 Å². The van der Waals surface area contributed by atoms with Gasteiger partial charge in [0.15, 0.2) is 0 Å². The third-order valence-electron chi connectivity index (χ3n) is 4.04. The van der Waals surface area contributed by atoms with Crippen molar-refractivity contribution in [3.63, 3.8) is 0 Å². The smallest absolute Gasteiger partial charge is 0.0688 e. The lowest BCUT2D eigenvalue weighted by Gasteiger charge is -2.33. The van der Waals surface area contributed by atoms with Crippen molar-refractivity contribution in [2.75, 3.05) is 0 Å². The van der Waals surface area contributed by atoms with Crippen LogP contribution in [0.1, 0.15) is 40.0 Å². The van der Waals surface area contributed by atoms with E-state index in [1.54, 1.807) is 0 Å². The van der Waals surface area contributed by atoms with E-state index in [4.69, 9.17) is 5.21 Å². The zero-order valence-corrected chi connectivity index (χ0v) is 8.09. The Hall–Kier alpha value is -0.530. The van der Waals surface area contributed by atoms with Gasteiger partial charge in [-0.1, -0.05) is 25.9 Å². The van der Waals surface area contributed by atoms with Gasteiger partial charge >= 0.3 is 0 Å². The van der Waals surface area contributed by atoms with E-state index >= 15 is 0 Å². The molecule has 2 fully saturated rings. The minimum Gasteiger partial charge on any atom is -0.411 e. The van der Waals surface area contributed by atoms with Crippen LogP contribution in [0.25, 0.3) is 0 Å². The Morgan fingerprint density at radius 2 is 2.08 bits per heavy atom. The molecule has 0 aromatic rings. The van der Waals surface area contributed by atoms with E-state index in [9.17, 15) is 0 Å². The summed E-state index contributed by atoms with van der Waals surface area (Å²) >= 11 is 0. The molecule has 2 aliphatic rings. The van der Waals surface area contributed by atoms with Crippen molar-refractivity contribution in [3.8, 4) is 0 Å². The third kappa shape index (κ3) is 0.732. The normalized spacial score (nSPS) is 47.2.